The minimum absolute atomic E-state index is 0.0462. The van der Waals surface area contributed by atoms with Crippen molar-refractivity contribution in [3.05, 3.63) is 59.5 Å². The molecule has 1 amide bonds. The fraction of sp³-hybridized carbons (Fsp3) is 0.235. The molecule has 7 heteroatoms. The molecule has 124 valence electrons. The summed E-state index contributed by atoms with van der Waals surface area (Å²) in [6.45, 7) is 3.78. The fourth-order valence-corrected chi connectivity index (χ4v) is 3.32. The van der Waals surface area contributed by atoms with Gasteiger partial charge in [0.2, 0.25) is 5.91 Å². The average molecular weight is 361 g/mol. The fourth-order valence-electron chi connectivity index (χ4n) is 2.32. The Morgan fingerprint density at radius 3 is 2.67 bits per heavy atom. The van der Waals surface area contributed by atoms with Gasteiger partial charge >= 0.3 is 0 Å². The molecule has 3 rings (SSSR count). The van der Waals surface area contributed by atoms with Crippen molar-refractivity contribution in [2.24, 2.45) is 0 Å². The van der Waals surface area contributed by atoms with Crippen molar-refractivity contribution in [2.75, 3.05) is 0 Å². The molecule has 2 unspecified atom stereocenters. The normalized spacial score (nSPS) is 13.6. The van der Waals surface area contributed by atoms with Crippen LogP contribution in [0.2, 0.25) is 5.02 Å². The van der Waals surface area contributed by atoms with Crippen molar-refractivity contribution < 1.29 is 4.79 Å². The van der Waals surface area contributed by atoms with E-state index in [1.54, 1.807) is 0 Å². The summed E-state index contributed by atoms with van der Waals surface area (Å²) in [5.41, 5.74) is 0.761. The summed E-state index contributed by atoms with van der Waals surface area (Å²) in [6.07, 6.45) is 1.89. The molecule has 1 aromatic carbocycles. The highest BCUT2D eigenvalue weighted by molar-refractivity contribution is 8.00. The summed E-state index contributed by atoms with van der Waals surface area (Å²) < 4.78 is 1.88. The maximum absolute atomic E-state index is 12.4. The van der Waals surface area contributed by atoms with Gasteiger partial charge in [0.25, 0.3) is 0 Å². The highest BCUT2D eigenvalue weighted by atomic mass is 35.5. The third-order valence-corrected chi connectivity index (χ3v) is 4.95. The Morgan fingerprint density at radius 1 is 1.17 bits per heavy atom. The average Bonchev–Trinajstić information content (AvgIpc) is 3.01. The molecule has 1 N–H and O–H groups in total. The Labute approximate surface area is 149 Å². The zero-order chi connectivity index (χ0) is 17.1. The molecule has 5 nitrogen and oxygen atoms in total. The number of hydrogen-bond acceptors (Lipinski definition) is 4. The maximum Gasteiger partial charge on any atom is 0.233 e. The first kappa shape index (κ1) is 16.8. The van der Waals surface area contributed by atoms with Gasteiger partial charge in [0.15, 0.2) is 11.5 Å². The number of nitrogens with one attached hydrogen (secondary N) is 1. The second-order valence-corrected chi connectivity index (χ2v) is 7.28. The Bertz CT molecular complexity index is 849. The van der Waals surface area contributed by atoms with Gasteiger partial charge in [-0.05, 0) is 50.2 Å². The lowest BCUT2D eigenvalue weighted by Crippen LogP contribution is -2.33. The third kappa shape index (κ3) is 3.71. The number of nitrogens with zero attached hydrogens (tertiary/aromatic N) is 3. The van der Waals surface area contributed by atoms with Crippen molar-refractivity contribution in [1.29, 1.82) is 0 Å². The Balaban J connectivity index is 1.66. The SMILES string of the molecule is CC(Sc1ccc(Cl)cc1)C(=O)NC(C)c1nnc2ccccn12. The van der Waals surface area contributed by atoms with E-state index in [0.29, 0.717) is 10.8 Å². The van der Waals surface area contributed by atoms with Crippen LogP contribution in [-0.4, -0.2) is 25.8 Å². The summed E-state index contributed by atoms with van der Waals surface area (Å²) in [7, 11) is 0. The molecule has 0 aliphatic heterocycles. The lowest BCUT2D eigenvalue weighted by molar-refractivity contribution is -0.121. The second kappa shape index (κ2) is 7.23. The molecule has 2 heterocycles. The van der Waals surface area contributed by atoms with Gasteiger partial charge < -0.3 is 5.32 Å². The van der Waals surface area contributed by atoms with E-state index in [9.17, 15) is 4.79 Å². The quantitative estimate of drug-likeness (QED) is 0.704. The molecular formula is C17H17ClN4OS. The van der Waals surface area contributed by atoms with E-state index in [4.69, 9.17) is 11.6 Å². The Hall–Kier alpha value is -2.05. The number of hydrogen-bond donors (Lipinski definition) is 1. The summed E-state index contributed by atoms with van der Waals surface area (Å²) in [6, 6.07) is 12.9. The first-order chi connectivity index (χ1) is 11.5. The van der Waals surface area contributed by atoms with Gasteiger partial charge in [0, 0.05) is 16.1 Å². The largest absolute Gasteiger partial charge is 0.345 e. The van der Waals surface area contributed by atoms with Gasteiger partial charge in [0.05, 0.1) is 11.3 Å². The van der Waals surface area contributed by atoms with Crippen LogP contribution in [0.4, 0.5) is 0 Å². The van der Waals surface area contributed by atoms with Crippen LogP contribution in [0, 0.1) is 0 Å². The van der Waals surface area contributed by atoms with E-state index in [2.05, 4.69) is 15.5 Å². The Kier molecular flexibility index (Phi) is 5.06. The summed E-state index contributed by atoms with van der Waals surface area (Å²) in [5, 5.41) is 11.7. The highest BCUT2D eigenvalue weighted by Crippen LogP contribution is 2.25. The lowest BCUT2D eigenvalue weighted by atomic mass is 10.3. The van der Waals surface area contributed by atoms with Gasteiger partial charge in [-0.3, -0.25) is 9.20 Å². The van der Waals surface area contributed by atoms with Gasteiger partial charge in [-0.25, -0.2) is 0 Å². The standard InChI is InChI=1S/C17H17ClN4OS/c1-11(16-21-20-15-5-3-4-10-22(15)16)19-17(23)12(2)24-14-8-6-13(18)7-9-14/h3-12H,1-2H3,(H,19,23). The zero-order valence-electron chi connectivity index (χ0n) is 13.3. The molecule has 0 saturated carbocycles. The predicted molar refractivity (Wildman–Crippen MR) is 96.3 cm³/mol. The third-order valence-electron chi connectivity index (χ3n) is 3.58. The number of rotatable bonds is 5. The molecule has 0 aliphatic rings. The monoisotopic (exact) mass is 360 g/mol. The molecule has 0 spiro atoms. The van der Waals surface area contributed by atoms with Crippen LogP contribution < -0.4 is 5.32 Å². The minimum atomic E-state index is -0.233. The van der Waals surface area contributed by atoms with E-state index < -0.39 is 0 Å². The molecule has 0 radical (unpaired) electrons. The number of benzene rings is 1. The van der Waals surface area contributed by atoms with Crippen molar-refractivity contribution in [2.45, 2.75) is 30.0 Å². The smallest absolute Gasteiger partial charge is 0.233 e. The number of halogens is 1. The first-order valence-electron chi connectivity index (χ1n) is 7.57. The van der Waals surface area contributed by atoms with E-state index in [-0.39, 0.29) is 17.2 Å². The second-order valence-electron chi connectivity index (χ2n) is 5.43. The Morgan fingerprint density at radius 2 is 1.92 bits per heavy atom. The number of amides is 1. The summed E-state index contributed by atoms with van der Waals surface area (Å²) in [5.74, 6) is 0.665. The number of carbonyl (C=O) groups excluding carboxylic acids is 1. The minimum Gasteiger partial charge on any atom is -0.345 e. The van der Waals surface area contributed by atoms with E-state index in [1.807, 2.05) is 66.9 Å². The number of aromatic nitrogens is 3. The van der Waals surface area contributed by atoms with Crippen LogP contribution in [0.1, 0.15) is 25.7 Å². The van der Waals surface area contributed by atoms with Crippen molar-refractivity contribution in [3.63, 3.8) is 0 Å². The molecule has 24 heavy (non-hydrogen) atoms. The molecule has 0 aliphatic carbocycles. The van der Waals surface area contributed by atoms with Gasteiger partial charge in [0.1, 0.15) is 0 Å². The summed E-state index contributed by atoms with van der Waals surface area (Å²) >= 11 is 7.37. The number of thioether (sulfide) groups is 1. The van der Waals surface area contributed by atoms with Crippen LogP contribution >= 0.6 is 23.4 Å². The van der Waals surface area contributed by atoms with Crippen molar-refractivity contribution in [3.8, 4) is 0 Å². The van der Waals surface area contributed by atoms with E-state index >= 15 is 0 Å². The van der Waals surface area contributed by atoms with Crippen molar-refractivity contribution >= 4 is 34.9 Å². The highest BCUT2D eigenvalue weighted by Gasteiger charge is 2.20. The number of fused-ring (bicyclic) bond motifs is 1. The van der Waals surface area contributed by atoms with Crippen LogP contribution in [-0.2, 0) is 4.79 Å². The molecule has 0 fully saturated rings. The van der Waals surface area contributed by atoms with E-state index in [1.165, 1.54) is 11.8 Å². The predicted octanol–water partition coefficient (Wildman–Crippen LogP) is 3.74. The molecule has 3 aromatic rings. The first-order valence-corrected chi connectivity index (χ1v) is 8.82. The van der Waals surface area contributed by atoms with Gasteiger partial charge in [-0.1, -0.05) is 17.7 Å². The van der Waals surface area contributed by atoms with Crippen LogP contribution in [0.15, 0.2) is 53.6 Å². The lowest BCUT2D eigenvalue weighted by Gasteiger charge is -2.16. The molecule has 2 aromatic heterocycles. The molecular weight excluding hydrogens is 344 g/mol. The number of carbonyl (C=O) groups is 1. The molecule has 2 atom stereocenters. The van der Waals surface area contributed by atoms with Gasteiger partial charge in [-0.15, -0.1) is 22.0 Å². The van der Waals surface area contributed by atoms with Crippen LogP contribution in [0.5, 0.6) is 0 Å². The maximum atomic E-state index is 12.4. The van der Waals surface area contributed by atoms with Crippen LogP contribution in [0.3, 0.4) is 0 Å². The van der Waals surface area contributed by atoms with Gasteiger partial charge in [-0.2, -0.15) is 0 Å². The summed E-state index contributed by atoms with van der Waals surface area (Å²) in [4.78, 5) is 13.4. The molecule has 0 bridgehead atoms. The van der Waals surface area contributed by atoms with Crippen molar-refractivity contribution in [1.82, 2.24) is 19.9 Å². The van der Waals surface area contributed by atoms with Crippen LogP contribution in [0.25, 0.3) is 5.65 Å². The van der Waals surface area contributed by atoms with E-state index in [0.717, 1.165) is 10.5 Å². The zero-order valence-corrected chi connectivity index (χ0v) is 14.9. The number of pyridine rings is 1. The molecule has 0 saturated heterocycles. The topological polar surface area (TPSA) is 59.3 Å².